The van der Waals surface area contributed by atoms with Gasteiger partial charge in [0.2, 0.25) is 11.5 Å². The fourth-order valence-electron chi connectivity index (χ4n) is 5.55. The van der Waals surface area contributed by atoms with E-state index in [0.717, 1.165) is 22.7 Å². The predicted molar refractivity (Wildman–Crippen MR) is 167 cm³/mol. The fraction of sp³-hybridized carbons (Fsp3) is 0.484. The van der Waals surface area contributed by atoms with Crippen molar-refractivity contribution in [3.05, 3.63) is 56.7 Å². The highest BCUT2D eigenvalue weighted by Gasteiger charge is 2.40. The van der Waals surface area contributed by atoms with Crippen LogP contribution in [0.25, 0.3) is 21.1 Å². The average molecular weight is 751 g/mol. The molecule has 6 rings (SSSR count). The van der Waals surface area contributed by atoms with Crippen molar-refractivity contribution >= 4 is 34.5 Å². The van der Waals surface area contributed by atoms with Crippen molar-refractivity contribution in [3.8, 4) is 21.1 Å². The van der Waals surface area contributed by atoms with Crippen LogP contribution in [0.15, 0.2) is 33.3 Å². The lowest BCUT2D eigenvalue weighted by molar-refractivity contribution is -0.156. The second kappa shape index (κ2) is 14.5. The number of hydrogen-bond donors (Lipinski definition) is 3. The van der Waals surface area contributed by atoms with Crippen LogP contribution in [0.1, 0.15) is 61.8 Å². The smallest absolute Gasteiger partial charge is 0.393 e. The maximum atomic E-state index is 12.8. The number of aliphatic hydroxyl groups is 3. The van der Waals surface area contributed by atoms with Gasteiger partial charge in [-0.1, -0.05) is 17.2 Å². The molecular formula is C31H32F6N4O7S2. The molecule has 4 aromatic rings. The zero-order valence-corrected chi connectivity index (χ0v) is 28.3. The van der Waals surface area contributed by atoms with Gasteiger partial charge in [0.15, 0.2) is 0 Å². The van der Waals surface area contributed by atoms with E-state index in [2.05, 4.69) is 19.4 Å². The summed E-state index contributed by atoms with van der Waals surface area (Å²) in [7, 11) is 0. The SMILES string of the molecule is Cc1c(-c2ccc(C(=O)N3CC[C@H](O)[C@@H](O)C3)s2)noc1C(F)(F)F.Cc1c(-c2ccc(C(=O)N3CC[C@H](O)[C@H](C)C3)s2)noc1C(F)(F)F. The number of halogens is 6. The number of aliphatic hydroxyl groups excluding tert-OH is 3. The summed E-state index contributed by atoms with van der Waals surface area (Å²) in [5.41, 5.74) is -0.0859. The Labute approximate surface area is 288 Å². The first-order valence-electron chi connectivity index (χ1n) is 15.3. The van der Waals surface area contributed by atoms with E-state index in [1.54, 1.807) is 17.0 Å². The van der Waals surface area contributed by atoms with Crippen molar-refractivity contribution in [3.63, 3.8) is 0 Å². The van der Waals surface area contributed by atoms with Crippen molar-refractivity contribution in [2.75, 3.05) is 26.2 Å². The molecule has 4 aromatic heterocycles. The van der Waals surface area contributed by atoms with Gasteiger partial charge in [-0.05, 0) is 56.9 Å². The van der Waals surface area contributed by atoms with Gasteiger partial charge >= 0.3 is 12.4 Å². The Balaban J connectivity index is 0.000000194. The molecular weight excluding hydrogens is 718 g/mol. The number of nitrogens with zero attached hydrogens (tertiary/aromatic N) is 4. The first kappa shape index (κ1) is 37.5. The minimum Gasteiger partial charge on any atom is -0.393 e. The van der Waals surface area contributed by atoms with Gasteiger partial charge in [-0.25, -0.2) is 0 Å². The van der Waals surface area contributed by atoms with E-state index in [4.69, 9.17) is 0 Å². The molecule has 4 atom stereocenters. The summed E-state index contributed by atoms with van der Waals surface area (Å²) in [6, 6.07) is 6.17. The number of piperidine rings is 2. The molecule has 0 spiro atoms. The molecule has 19 heteroatoms. The summed E-state index contributed by atoms with van der Waals surface area (Å²) < 4.78 is 85.6. The van der Waals surface area contributed by atoms with Gasteiger partial charge in [-0.3, -0.25) is 9.59 Å². The largest absolute Gasteiger partial charge is 0.452 e. The fourth-order valence-corrected chi connectivity index (χ4v) is 7.58. The van der Waals surface area contributed by atoms with Crippen molar-refractivity contribution in [1.29, 1.82) is 0 Å². The molecule has 0 aliphatic carbocycles. The van der Waals surface area contributed by atoms with Crippen molar-refractivity contribution in [2.45, 2.75) is 64.3 Å². The lowest BCUT2D eigenvalue weighted by atomic mass is 9.97. The van der Waals surface area contributed by atoms with E-state index in [9.17, 15) is 51.3 Å². The van der Waals surface area contributed by atoms with Gasteiger partial charge in [0, 0.05) is 37.3 Å². The van der Waals surface area contributed by atoms with Gasteiger partial charge in [-0.2, -0.15) is 26.3 Å². The number of β-amino-alcohol motifs (C(OH)–C–C–N with tert-alkyl or cyclic N) is 1. The summed E-state index contributed by atoms with van der Waals surface area (Å²) in [6.07, 6.45) is -10.7. The second-order valence-electron chi connectivity index (χ2n) is 12.1. The third-order valence-corrected chi connectivity index (χ3v) is 10.6. The molecule has 0 unspecified atom stereocenters. The second-order valence-corrected chi connectivity index (χ2v) is 14.2. The topological polar surface area (TPSA) is 153 Å². The molecule has 0 aromatic carbocycles. The maximum absolute atomic E-state index is 12.8. The highest BCUT2D eigenvalue weighted by atomic mass is 32.1. The Bertz CT molecular complexity index is 1700. The molecule has 2 fully saturated rings. The number of thiophene rings is 2. The number of alkyl halides is 6. The summed E-state index contributed by atoms with van der Waals surface area (Å²) in [5, 5.41) is 35.9. The zero-order valence-electron chi connectivity index (χ0n) is 26.7. The number of amides is 2. The number of aromatic nitrogens is 2. The zero-order chi connectivity index (χ0) is 36.7. The number of likely N-dealkylation sites (tertiary alicyclic amines) is 2. The first-order chi connectivity index (χ1) is 23.4. The van der Waals surface area contributed by atoms with E-state index in [1.165, 1.54) is 30.9 Å². The Morgan fingerprint density at radius 3 is 1.52 bits per heavy atom. The van der Waals surface area contributed by atoms with Crippen LogP contribution in [0, 0.1) is 19.8 Å². The number of carbonyl (C=O) groups is 2. The Hall–Kier alpha value is -3.78. The molecule has 50 heavy (non-hydrogen) atoms. The Kier molecular flexibility index (Phi) is 10.8. The molecule has 2 aliphatic heterocycles. The quantitative estimate of drug-likeness (QED) is 0.218. The normalized spacial score (nSPS) is 21.6. The van der Waals surface area contributed by atoms with E-state index >= 15 is 0 Å². The predicted octanol–water partition coefficient (Wildman–Crippen LogP) is 5.87. The molecule has 2 saturated heterocycles. The highest BCUT2D eigenvalue weighted by molar-refractivity contribution is 7.17. The lowest BCUT2D eigenvalue weighted by Gasteiger charge is -2.34. The number of hydrogen-bond acceptors (Lipinski definition) is 11. The van der Waals surface area contributed by atoms with Crippen LogP contribution in [0.3, 0.4) is 0 Å². The summed E-state index contributed by atoms with van der Waals surface area (Å²) in [5.74, 6) is -2.82. The Morgan fingerprint density at radius 2 is 1.14 bits per heavy atom. The molecule has 2 amide bonds. The molecule has 0 radical (unpaired) electrons. The minimum absolute atomic E-state index is 0.00838. The highest BCUT2D eigenvalue weighted by Crippen LogP contribution is 2.40. The van der Waals surface area contributed by atoms with E-state index in [0.29, 0.717) is 45.6 Å². The molecule has 272 valence electrons. The minimum atomic E-state index is -4.63. The monoisotopic (exact) mass is 750 g/mol. The van der Waals surface area contributed by atoms with Crippen LogP contribution in [0.5, 0.6) is 0 Å². The molecule has 0 bridgehead atoms. The average Bonchev–Trinajstić information content (AvgIpc) is 3.85. The van der Waals surface area contributed by atoms with Gasteiger partial charge < -0.3 is 34.2 Å². The van der Waals surface area contributed by atoms with Crippen LogP contribution in [-0.4, -0.2) is 91.7 Å². The van der Waals surface area contributed by atoms with Crippen LogP contribution < -0.4 is 0 Å². The summed E-state index contributed by atoms with van der Waals surface area (Å²) in [6.45, 7) is 5.65. The third-order valence-electron chi connectivity index (χ3n) is 8.44. The maximum Gasteiger partial charge on any atom is 0.452 e. The summed E-state index contributed by atoms with van der Waals surface area (Å²) >= 11 is 2.09. The lowest BCUT2D eigenvalue weighted by Crippen LogP contribution is -2.48. The van der Waals surface area contributed by atoms with Crippen LogP contribution in [0.4, 0.5) is 26.3 Å². The van der Waals surface area contributed by atoms with E-state index < -0.39 is 42.2 Å². The van der Waals surface area contributed by atoms with Crippen LogP contribution in [0.2, 0.25) is 0 Å². The Morgan fingerprint density at radius 1 is 0.720 bits per heavy atom. The van der Waals surface area contributed by atoms with Gasteiger partial charge in [0.25, 0.3) is 11.8 Å². The molecule has 2 aliphatic rings. The molecule has 6 heterocycles. The van der Waals surface area contributed by atoms with Gasteiger partial charge in [0.1, 0.15) is 11.4 Å². The van der Waals surface area contributed by atoms with E-state index in [-0.39, 0.29) is 53.2 Å². The third kappa shape index (κ3) is 7.91. The van der Waals surface area contributed by atoms with Crippen LogP contribution >= 0.6 is 22.7 Å². The standard InChI is InChI=1S/C16H17F3N2O3S.C15H15F3N2O4S/c1-8-7-21(6-5-10(8)22)15(23)12-4-3-11(25-12)13-9(2)14(24-20-13)16(17,18)19;1-7-12(19-24-13(7)15(16,17)18)10-2-3-11(25-10)14(23)20-5-4-8(21)9(22)6-20/h3-4,8,10,22H,5-7H2,1-2H3;2-3,8-9,21-22H,4-6H2,1H3/t8-,10+;8-,9-/m10/s1. The van der Waals surface area contributed by atoms with Gasteiger partial charge in [-0.15, -0.1) is 22.7 Å². The van der Waals surface area contributed by atoms with E-state index in [1.807, 2.05) is 6.92 Å². The molecule has 3 N–H and O–H groups in total. The first-order valence-corrected chi connectivity index (χ1v) is 16.9. The molecule has 11 nitrogen and oxygen atoms in total. The molecule has 0 saturated carbocycles. The van der Waals surface area contributed by atoms with Crippen molar-refractivity contribution in [2.24, 2.45) is 5.92 Å². The number of rotatable bonds is 4. The summed E-state index contributed by atoms with van der Waals surface area (Å²) in [4.78, 5) is 29.7. The van der Waals surface area contributed by atoms with Crippen LogP contribution in [-0.2, 0) is 12.4 Å². The van der Waals surface area contributed by atoms with Crippen molar-refractivity contribution in [1.82, 2.24) is 20.1 Å². The van der Waals surface area contributed by atoms with Gasteiger partial charge in [0.05, 0.1) is 37.8 Å². The number of carbonyl (C=O) groups excluding carboxylic acids is 2. The van der Waals surface area contributed by atoms with Crippen molar-refractivity contribution < 1.29 is 60.3 Å².